The molecule has 0 fully saturated rings. The Kier molecular flexibility index (Phi) is 30.3. The number of hydrogen-bond donors (Lipinski definition) is 2. The number of ether oxygens (including phenoxy) is 7. The van der Waals surface area contributed by atoms with Crippen LogP contribution in [0.15, 0.2) is 65.8 Å². The zero-order valence-corrected chi connectivity index (χ0v) is 37.4. The van der Waals surface area contributed by atoms with Gasteiger partial charge < -0.3 is 48.8 Å². The van der Waals surface area contributed by atoms with Crippen molar-refractivity contribution in [2.45, 2.75) is 124 Å². The molecule has 18 heteroatoms. The molecule has 0 saturated heterocycles. The van der Waals surface area contributed by atoms with E-state index in [9.17, 15) is 27.4 Å². The Bertz CT molecular complexity index is 1740. The molecule has 2 heterocycles. The van der Waals surface area contributed by atoms with Gasteiger partial charge in [0.05, 0.1) is 31.6 Å². The number of rotatable bonds is 16. The lowest BCUT2D eigenvalue weighted by molar-refractivity contribution is -0.426. The van der Waals surface area contributed by atoms with E-state index in [1.54, 1.807) is 58.0 Å². The van der Waals surface area contributed by atoms with Crippen molar-refractivity contribution in [1.82, 2.24) is 15.3 Å². The number of nitrogens with zero attached hydrogens (tertiary/aromatic N) is 2. The lowest BCUT2D eigenvalue weighted by atomic mass is 10.1. The van der Waals surface area contributed by atoms with Crippen molar-refractivity contribution in [2.75, 3.05) is 42.1 Å². The number of aromatic nitrogens is 2. The highest BCUT2D eigenvalue weighted by Gasteiger charge is 2.23. The van der Waals surface area contributed by atoms with Crippen LogP contribution in [0, 0.1) is 6.92 Å². The Morgan fingerprint density at radius 1 is 0.754 bits per heavy atom. The van der Waals surface area contributed by atoms with E-state index < -0.39 is 27.6 Å². The average Bonchev–Trinajstić information content (AvgIpc) is 3.16. The number of nitrogens with one attached hydrogen (secondary N) is 1. The zero-order chi connectivity index (χ0) is 45.4. The number of quaternary nitrogens is 1. The SMILES string of the molecule is C.C.COC(C=O)OC.COc1ccc(C(CC(=O)OC(C)(C)C)NCC(C)OC)cn1.COc1ccc(C([NH3+])CC(=O)OC(C)(C)C)cn1.Cc1ccc(S(=O)(=O)[O-])cc1. The standard InChI is InChI=1S/C17H28N2O4.C13H20N2O3.C7H8O3S.C4H8O3.2CH4/c1-12(21-5)10-18-14(9-16(20)23-17(2,3)4)13-7-8-15(22-6)19-11-13;1-13(2,3)18-12(16)7-10(14)9-5-6-11(17-4)15-8-9;1-6-2-4-7(5-3-6)11(8,9)10;1-6-4(3-5)7-2;;/h7-8,11-12,14,18H,9-10H2,1-6H3;5-6,8,10H,7,14H2,1-4H3;2-5H,1H3,(H,8,9,10);3-4H,1-2H3;2*1H4. The van der Waals surface area contributed by atoms with E-state index >= 15 is 0 Å². The van der Waals surface area contributed by atoms with E-state index in [0.29, 0.717) is 24.6 Å². The molecular formula is C43H72N4O13S. The van der Waals surface area contributed by atoms with Crippen LogP contribution in [0.4, 0.5) is 0 Å². The quantitative estimate of drug-likeness (QED) is 0.0774. The van der Waals surface area contributed by atoms with Gasteiger partial charge in [0, 0.05) is 64.0 Å². The molecule has 0 radical (unpaired) electrons. The fraction of sp³-hybridized carbons (Fsp3) is 0.558. The molecule has 17 nitrogen and oxygen atoms in total. The number of pyridine rings is 2. The van der Waals surface area contributed by atoms with Crippen LogP contribution in [0.2, 0.25) is 0 Å². The molecule has 3 atom stereocenters. The zero-order valence-electron chi connectivity index (χ0n) is 36.6. The van der Waals surface area contributed by atoms with Gasteiger partial charge in [-0.3, -0.25) is 14.4 Å². The third-order valence-electron chi connectivity index (χ3n) is 7.37. The Morgan fingerprint density at radius 3 is 1.52 bits per heavy atom. The molecule has 3 rings (SSSR count). The summed E-state index contributed by atoms with van der Waals surface area (Å²) < 4.78 is 66.0. The largest absolute Gasteiger partial charge is 0.744 e. The summed E-state index contributed by atoms with van der Waals surface area (Å²) in [6, 6.07) is 12.7. The topological polar surface area (TPSA) is 238 Å². The van der Waals surface area contributed by atoms with Gasteiger partial charge >= 0.3 is 11.9 Å². The lowest BCUT2D eigenvalue weighted by Crippen LogP contribution is -2.54. The van der Waals surface area contributed by atoms with Crippen molar-refractivity contribution >= 4 is 28.3 Å². The number of benzene rings is 1. The van der Waals surface area contributed by atoms with Gasteiger partial charge in [0.1, 0.15) is 33.8 Å². The molecule has 0 aliphatic rings. The fourth-order valence-corrected chi connectivity index (χ4v) is 4.81. The third-order valence-corrected chi connectivity index (χ3v) is 8.22. The van der Waals surface area contributed by atoms with E-state index in [-0.39, 0.29) is 62.7 Å². The highest BCUT2D eigenvalue weighted by molar-refractivity contribution is 7.85. The molecule has 1 aromatic carbocycles. The predicted molar refractivity (Wildman–Crippen MR) is 232 cm³/mol. The number of carbonyl (C=O) groups is 3. The number of methoxy groups -OCH3 is 5. The molecule has 61 heavy (non-hydrogen) atoms. The summed E-state index contributed by atoms with van der Waals surface area (Å²) >= 11 is 0. The maximum Gasteiger partial charge on any atom is 0.312 e. The van der Waals surface area contributed by atoms with Gasteiger partial charge in [0.25, 0.3) is 0 Å². The van der Waals surface area contributed by atoms with E-state index in [1.807, 2.05) is 67.5 Å². The smallest absolute Gasteiger partial charge is 0.312 e. The second kappa shape index (κ2) is 30.5. The molecule has 2 aromatic heterocycles. The maximum atomic E-state index is 12.1. The fourth-order valence-electron chi connectivity index (χ4n) is 4.34. The molecule has 0 aliphatic carbocycles. The van der Waals surface area contributed by atoms with Crippen LogP contribution in [-0.2, 0) is 48.2 Å². The molecule has 4 N–H and O–H groups in total. The highest BCUT2D eigenvalue weighted by Crippen LogP contribution is 2.21. The summed E-state index contributed by atoms with van der Waals surface area (Å²) in [6.07, 6.45) is 3.77. The van der Waals surface area contributed by atoms with Gasteiger partial charge in [0.2, 0.25) is 18.1 Å². The first kappa shape index (κ1) is 60.7. The number of aldehydes is 1. The minimum atomic E-state index is -4.27. The lowest BCUT2D eigenvalue weighted by Gasteiger charge is -2.24. The molecule has 0 bridgehead atoms. The van der Waals surface area contributed by atoms with Gasteiger partial charge in [-0.1, -0.05) is 38.6 Å². The molecule has 0 spiro atoms. The average molecular weight is 885 g/mol. The minimum Gasteiger partial charge on any atom is -0.744 e. The number of hydrogen-bond acceptors (Lipinski definition) is 16. The molecular weight excluding hydrogens is 813 g/mol. The van der Waals surface area contributed by atoms with Crippen LogP contribution in [0.25, 0.3) is 0 Å². The maximum absolute atomic E-state index is 12.1. The first-order valence-electron chi connectivity index (χ1n) is 18.5. The number of aryl methyl sites for hydroxylation is 1. The third kappa shape index (κ3) is 28.6. The Morgan fingerprint density at radius 2 is 1.20 bits per heavy atom. The molecule has 3 aromatic rings. The number of esters is 2. The summed E-state index contributed by atoms with van der Waals surface area (Å²) in [5, 5.41) is 3.33. The summed E-state index contributed by atoms with van der Waals surface area (Å²) in [6.45, 7) is 15.5. The van der Waals surface area contributed by atoms with Crippen molar-refractivity contribution in [3.8, 4) is 11.8 Å². The van der Waals surface area contributed by atoms with Crippen LogP contribution in [0.1, 0.15) is 105 Å². The van der Waals surface area contributed by atoms with Crippen molar-refractivity contribution in [3.63, 3.8) is 0 Å². The Balaban J connectivity index is -0.000000786. The predicted octanol–water partition coefficient (Wildman–Crippen LogP) is 5.57. The van der Waals surface area contributed by atoms with E-state index in [2.05, 4.69) is 30.5 Å². The van der Waals surface area contributed by atoms with Gasteiger partial charge in [0.15, 0.2) is 6.29 Å². The Labute approximate surface area is 364 Å². The molecule has 3 unspecified atom stereocenters. The monoisotopic (exact) mass is 884 g/mol. The number of carbonyl (C=O) groups excluding carboxylic acids is 3. The minimum absolute atomic E-state index is 0. The molecule has 348 valence electrons. The highest BCUT2D eigenvalue weighted by atomic mass is 32.2. The molecule has 0 aliphatic heterocycles. The van der Waals surface area contributed by atoms with Crippen molar-refractivity contribution < 1.29 is 66.2 Å². The summed E-state index contributed by atoms with van der Waals surface area (Å²) in [5.74, 6) is 0.576. The second-order valence-corrected chi connectivity index (χ2v) is 16.2. The van der Waals surface area contributed by atoms with Gasteiger partial charge in [-0.2, -0.15) is 0 Å². The Hall–Kier alpha value is -4.56. The van der Waals surface area contributed by atoms with Crippen molar-refractivity contribution in [3.05, 3.63) is 77.6 Å². The molecule has 0 amide bonds. The van der Waals surface area contributed by atoms with Crippen LogP contribution < -0.4 is 20.5 Å². The van der Waals surface area contributed by atoms with Crippen LogP contribution in [0.5, 0.6) is 11.8 Å². The van der Waals surface area contributed by atoms with Gasteiger partial charge in [-0.05, 0) is 79.2 Å². The summed E-state index contributed by atoms with van der Waals surface area (Å²) in [5.41, 5.74) is 5.71. The normalized spacial score (nSPS) is 12.3. The van der Waals surface area contributed by atoms with E-state index in [1.165, 1.54) is 26.4 Å². The van der Waals surface area contributed by atoms with Crippen LogP contribution in [0.3, 0.4) is 0 Å². The van der Waals surface area contributed by atoms with E-state index in [4.69, 9.17) is 23.7 Å². The first-order chi connectivity index (χ1) is 27.4. The first-order valence-corrected chi connectivity index (χ1v) is 19.9. The van der Waals surface area contributed by atoms with Crippen molar-refractivity contribution in [2.24, 2.45) is 0 Å². The summed E-state index contributed by atoms with van der Waals surface area (Å²) in [7, 11) is 3.33. The summed E-state index contributed by atoms with van der Waals surface area (Å²) in [4.78, 5) is 41.6. The van der Waals surface area contributed by atoms with Gasteiger partial charge in [-0.25, -0.2) is 18.4 Å². The van der Waals surface area contributed by atoms with E-state index in [0.717, 1.165) is 16.7 Å². The molecule has 0 saturated carbocycles. The van der Waals surface area contributed by atoms with Crippen LogP contribution >= 0.6 is 0 Å². The second-order valence-electron chi connectivity index (χ2n) is 14.8. The van der Waals surface area contributed by atoms with Crippen LogP contribution in [-0.4, -0.2) is 107 Å². The van der Waals surface area contributed by atoms with Gasteiger partial charge in [-0.15, -0.1) is 0 Å². The van der Waals surface area contributed by atoms with Crippen molar-refractivity contribution in [1.29, 1.82) is 0 Å².